The van der Waals surface area contributed by atoms with Crippen LogP contribution >= 0.6 is 0 Å². The summed E-state index contributed by atoms with van der Waals surface area (Å²) in [4.78, 5) is 31.7. The second kappa shape index (κ2) is 7.83. The van der Waals surface area contributed by atoms with Crippen LogP contribution in [0.5, 0.6) is 11.5 Å². The van der Waals surface area contributed by atoms with Crippen molar-refractivity contribution in [1.82, 2.24) is 0 Å². The van der Waals surface area contributed by atoms with Crippen LogP contribution in [-0.2, 0) is 9.53 Å². The Balaban J connectivity index is 2.81. The van der Waals surface area contributed by atoms with Crippen molar-refractivity contribution in [2.75, 3.05) is 20.3 Å². The average Bonchev–Trinajstić information content (AvgIpc) is 2.45. The second-order valence-electron chi connectivity index (χ2n) is 3.95. The van der Waals surface area contributed by atoms with E-state index in [2.05, 4.69) is 0 Å². The van der Waals surface area contributed by atoms with Gasteiger partial charge in [0.15, 0.2) is 17.8 Å². The molecule has 1 aromatic carbocycles. The summed E-state index contributed by atoms with van der Waals surface area (Å²) in [6.07, 6.45) is 0.791. The van der Waals surface area contributed by atoms with E-state index in [0.29, 0.717) is 12.7 Å². The van der Waals surface area contributed by atoms with E-state index in [1.807, 2.05) is 0 Å². The molecule has 0 radical (unpaired) electrons. The first-order valence-electron chi connectivity index (χ1n) is 6.08. The molecule has 0 saturated heterocycles. The van der Waals surface area contributed by atoms with Crippen LogP contribution in [0, 0.1) is 10.1 Å². The lowest BCUT2D eigenvalue weighted by atomic mass is 10.1. The Bertz CT molecular complexity index is 542. The Kier molecular flexibility index (Phi) is 6.12. The quantitative estimate of drug-likeness (QED) is 0.236. The highest BCUT2D eigenvalue weighted by Crippen LogP contribution is 2.36. The fourth-order valence-electron chi connectivity index (χ4n) is 1.62. The molecule has 1 rings (SSSR count). The van der Waals surface area contributed by atoms with Gasteiger partial charge >= 0.3 is 5.97 Å². The summed E-state index contributed by atoms with van der Waals surface area (Å²) in [6.45, 7) is 1.71. The number of esters is 1. The minimum absolute atomic E-state index is 0.00619. The van der Waals surface area contributed by atoms with E-state index in [1.165, 1.54) is 26.2 Å². The molecule has 0 N–H and O–H groups in total. The minimum atomic E-state index is -0.670. The summed E-state index contributed by atoms with van der Waals surface area (Å²) >= 11 is 0. The summed E-state index contributed by atoms with van der Waals surface area (Å²) in [6, 6.07) is 2.53. The van der Waals surface area contributed by atoms with Crippen molar-refractivity contribution in [3.63, 3.8) is 0 Å². The summed E-state index contributed by atoms with van der Waals surface area (Å²) in [5, 5.41) is 10.8. The Labute approximate surface area is 120 Å². The summed E-state index contributed by atoms with van der Waals surface area (Å²) < 4.78 is 15.1. The van der Waals surface area contributed by atoms with Crippen molar-refractivity contribution >= 4 is 17.9 Å². The number of rotatable bonds is 8. The lowest BCUT2D eigenvalue weighted by molar-refractivity contribution is -0.385. The predicted octanol–water partition coefficient (Wildman–Crippen LogP) is 1.75. The number of carbonyl (C=O) groups excluding carboxylic acids is 2. The van der Waals surface area contributed by atoms with Gasteiger partial charge in [-0.25, -0.2) is 0 Å². The fraction of sp³-hybridized carbons (Fsp3) is 0.385. The molecule has 1 aromatic rings. The van der Waals surface area contributed by atoms with E-state index in [0.717, 1.165) is 0 Å². The van der Waals surface area contributed by atoms with Gasteiger partial charge in [0, 0.05) is 19.4 Å². The van der Waals surface area contributed by atoms with Crippen LogP contribution in [-0.4, -0.2) is 37.5 Å². The van der Waals surface area contributed by atoms with Crippen LogP contribution in [0.25, 0.3) is 0 Å². The maximum Gasteiger partial charge on any atom is 0.302 e. The number of methoxy groups -OCH3 is 1. The molecule has 8 heteroatoms. The van der Waals surface area contributed by atoms with Crippen molar-refractivity contribution in [3.05, 3.63) is 27.8 Å². The molecule has 0 unspecified atom stereocenters. The molecule has 21 heavy (non-hydrogen) atoms. The van der Waals surface area contributed by atoms with Gasteiger partial charge in [0.05, 0.1) is 25.2 Å². The molecule has 0 aliphatic carbocycles. The first kappa shape index (κ1) is 16.4. The molecule has 0 amide bonds. The van der Waals surface area contributed by atoms with E-state index in [4.69, 9.17) is 14.2 Å². The third-order valence-corrected chi connectivity index (χ3v) is 2.51. The number of nitro benzene ring substituents is 1. The van der Waals surface area contributed by atoms with Crippen molar-refractivity contribution < 1.29 is 28.7 Å². The first-order valence-corrected chi connectivity index (χ1v) is 6.08. The zero-order chi connectivity index (χ0) is 15.8. The van der Waals surface area contributed by atoms with E-state index in [-0.39, 0.29) is 41.9 Å². The molecule has 0 aromatic heterocycles. The number of ether oxygens (including phenoxy) is 3. The van der Waals surface area contributed by atoms with Gasteiger partial charge in [-0.3, -0.25) is 19.7 Å². The van der Waals surface area contributed by atoms with Gasteiger partial charge in [0.1, 0.15) is 5.56 Å². The summed E-state index contributed by atoms with van der Waals surface area (Å²) in [5.74, 6) is -0.161. The molecule has 0 bridgehead atoms. The molecule has 0 spiro atoms. The first-order chi connectivity index (χ1) is 10.0. The number of hydrogen-bond donors (Lipinski definition) is 0. The van der Waals surface area contributed by atoms with Crippen LogP contribution in [0.15, 0.2) is 12.1 Å². The number of benzene rings is 1. The highest BCUT2D eigenvalue weighted by molar-refractivity contribution is 5.87. The summed E-state index contributed by atoms with van der Waals surface area (Å²) in [5.41, 5.74) is -0.533. The van der Waals surface area contributed by atoms with Gasteiger partial charge in [-0.1, -0.05) is 0 Å². The van der Waals surface area contributed by atoms with Gasteiger partial charge in [0.25, 0.3) is 5.69 Å². The van der Waals surface area contributed by atoms with E-state index >= 15 is 0 Å². The van der Waals surface area contributed by atoms with Gasteiger partial charge in [0.2, 0.25) is 0 Å². The number of aldehydes is 1. The van der Waals surface area contributed by atoms with Gasteiger partial charge in [-0.2, -0.15) is 0 Å². The standard InChI is InChI=1S/C13H15NO7/c1-9(16)20-6-3-7-21-12-5-4-11(14(17)18)10(8-15)13(12)19-2/h4-5,8H,3,6-7H2,1-2H3. The normalized spacial score (nSPS) is 9.81. The van der Waals surface area contributed by atoms with Crippen molar-refractivity contribution in [2.45, 2.75) is 13.3 Å². The Morgan fingerprint density at radius 1 is 1.38 bits per heavy atom. The molecule has 0 aliphatic rings. The molecule has 0 aliphatic heterocycles. The monoisotopic (exact) mass is 297 g/mol. The molecule has 0 fully saturated rings. The maximum atomic E-state index is 11.0. The van der Waals surface area contributed by atoms with Gasteiger partial charge in [-0.15, -0.1) is 0 Å². The third kappa shape index (κ3) is 4.44. The van der Waals surface area contributed by atoms with Crippen molar-refractivity contribution in [3.8, 4) is 11.5 Å². The van der Waals surface area contributed by atoms with E-state index < -0.39 is 4.92 Å². The second-order valence-corrected chi connectivity index (χ2v) is 3.95. The fourth-order valence-corrected chi connectivity index (χ4v) is 1.62. The third-order valence-electron chi connectivity index (χ3n) is 2.51. The average molecular weight is 297 g/mol. The van der Waals surface area contributed by atoms with Crippen LogP contribution in [0.1, 0.15) is 23.7 Å². The lowest BCUT2D eigenvalue weighted by Gasteiger charge is -2.12. The molecule has 0 heterocycles. The lowest BCUT2D eigenvalue weighted by Crippen LogP contribution is -2.07. The highest BCUT2D eigenvalue weighted by Gasteiger charge is 2.22. The largest absolute Gasteiger partial charge is 0.492 e. The van der Waals surface area contributed by atoms with Crippen LogP contribution in [0.3, 0.4) is 0 Å². The van der Waals surface area contributed by atoms with Crippen molar-refractivity contribution in [1.29, 1.82) is 0 Å². The zero-order valence-corrected chi connectivity index (χ0v) is 11.7. The van der Waals surface area contributed by atoms with Crippen LogP contribution in [0.4, 0.5) is 5.69 Å². The number of carbonyl (C=O) groups is 2. The van der Waals surface area contributed by atoms with Crippen LogP contribution in [0.2, 0.25) is 0 Å². The Morgan fingerprint density at radius 3 is 2.62 bits per heavy atom. The highest BCUT2D eigenvalue weighted by atomic mass is 16.6. The van der Waals surface area contributed by atoms with Gasteiger partial charge < -0.3 is 14.2 Å². The van der Waals surface area contributed by atoms with E-state index in [1.54, 1.807) is 0 Å². The number of nitro groups is 1. The topological polar surface area (TPSA) is 105 Å². The van der Waals surface area contributed by atoms with Crippen LogP contribution < -0.4 is 9.47 Å². The van der Waals surface area contributed by atoms with Gasteiger partial charge in [-0.05, 0) is 6.07 Å². The Hall–Kier alpha value is -2.64. The Morgan fingerprint density at radius 2 is 2.10 bits per heavy atom. The molecule has 114 valence electrons. The maximum absolute atomic E-state index is 11.0. The predicted molar refractivity (Wildman–Crippen MR) is 71.8 cm³/mol. The van der Waals surface area contributed by atoms with E-state index in [9.17, 15) is 19.7 Å². The molecule has 0 atom stereocenters. The zero-order valence-electron chi connectivity index (χ0n) is 11.7. The molecule has 8 nitrogen and oxygen atoms in total. The van der Waals surface area contributed by atoms with Crippen molar-refractivity contribution in [2.24, 2.45) is 0 Å². The molecular formula is C13H15NO7. The number of hydrogen-bond acceptors (Lipinski definition) is 7. The minimum Gasteiger partial charge on any atom is -0.492 e. The number of nitrogens with zero attached hydrogens (tertiary/aromatic N) is 1. The molecule has 0 saturated carbocycles. The SMILES string of the molecule is COc1c(OCCCOC(C)=O)ccc([N+](=O)[O-])c1C=O. The smallest absolute Gasteiger partial charge is 0.302 e. The molecular weight excluding hydrogens is 282 g/mol. The summed E-state index contributed by atoms with van der Waals surface area (Å²) in [7, 11) is 1.29.